The van der Waals surface area contributed by atoms with Crippen molar-refractivity contribution >= 4 is 5.78 Å². The summed E-state index contributed by atoms with van der Waals surface area (Å²) in [6, 6.07) is 9.03. The van der Waals surface area contributed by atoms with Crippen molar-refractivity contribution in [1.82, 2.24) is 0 Å². The van der Waals surface area contributed by atoms with Gasteiger partial charge in [-0.1, -0.05) is 19.9 Å². The Morgan fingerprint density at radius 1 is 0.885 bits per heavy atom. The molecule has 1 aliphatic carbocycles. The lowest BCUT2D eigenvalue weighted by molar-refractivity contribution is 0.0865. The van der Waals surface area contributed by atoms with E-state index in [1.165, 1.54) is 7.11 Å². The number of methoxy groups -OCH3 is 3. The standard InChI is InChI=1S/C21H24O5/c1-11-12(2)21(23)15-10-19(26-5)18(25-4)9-14(15)20(11)13-6-7-17(24-3)16(22)8-13/h6-12,20,22H,1-5H3/t11-,12-,20-/m0/s1. The summed E-state index contributed by atoms with van der Waals surface area (Å²) in [4.78, 5) is 12.9. The number of ether oxygens (including phenoxy) is 3. The van der Waals surface area contributed by atoms with Gasteiger partial charge < -0.3 is 19.3 Å². The Balaban J connectivity index is 2.21. The minimum atomic E-state index is -0.144. The van der Waals surface area contributed by atoms with Gasteiger partial charge in [-0.05, 0) is 41.3 Å². The average Bonchev–Trinajstić information content (AvgIpc) is 2.65. The molecule has 1 aliphatic rings. The van der Waals surface area contributed by atoms with Gasteiger partial charge in [-0.15, -0.1) is 0 Å². The van der Waals surface area contributed by atoms with Crippen LogP contribution in [0.15, 0.2) is 30.3 Å². The Morgan fingerprint density at radius 2 is 1.50 bits per heavy atom. The van der Waals surface area contributed by atoms with E-state index >= 15 is 0 Å². The fourth-order valence-electron chi connectivity index (χ4n) is 3.80. The van der Waals surface area contributed by atoms with Crippen LogP contribution in [0.1, 0.15) is 41.3 Å². The molecule has 0 heterocycles. The number of benzene rings is 2. The molecule has 0 saturated heterocycles. The van der Waals surface area contributed by atoms with Gasteiger partial charge in [0.2, 0.25) is 0 Å². The molecular weight excluding hydrogens is 332 g/mol. The Kier molecular flexibility index (Phi) is 4.81. The van der Waals surface area contributed by atoms with Crippen molar-refractivity contribution < 1.29 is 24.1 Å². The third-order valence-electron chi connectivity index (χ3n) is 5.45. The second-order valence-electron chi connectivity index (χ2n) is 6.72. The molecule has 5 nitrogen and oxygen atoms in total. The highest BCUT2D eigenvalue weighted by Crippen LogP contribution is 2.47. The zero-order valence-electron chi connectivity index (χ0n) is 15.7. The largest absolute Gasteiger partial charge is 0.504 e. The molecule has 1 N–H and O–H groups in total. The second-order valence-corrected chi connectivity index (χ2v) is 6.72. The second kappa shape index (κ2) is 6.90. The van der Waals surface area contributed by atoms with E-state index in [9.17, 15) is 9.90 Å². The summed E-state index contributed by atoms with van der Waals surface area (Å²) in [5.41, 5.74) is 2.47. The van der Waals surface area contributed by atoms with Crippen LogP contribution in [0.3, 0.4) is 0 Å². The molecule has 0 saturated carbocycles. The van der Waals surface area contributed by atoms with E-state index in [0.29, 0.717) is 22.8 Å². The lowest BCUT2D eigenvalue weighted by atomic mass is 9.67. The predicted octanol–water partition coefficient (Wildman–Crippen LogP) is 4.02. The van der Waals surface area contributed by atoms with Gasteiger partial charge in [0.1, 0.15) is 0 Å². The number of fused-ring (bicyclic) bond motifs is 1. The van der Waals surface area contributed by atoms with Gasteiger partial charge in [0, 0.05) is 17.4 Å². The van der Waals surface area contributed by atoms with Crippen LogP contribution < -0.4 is 14.2 Å². The lowest BCUT2D eigenvalue weighted by Crippen LogP contribution is -2.32. The molecule has 0 spiro atoms. The molecule has 2 aromatic rings. The van der Waals surface area contributed by atoms with E-state index in [0.717, 1.165) is 11.1 Å². The summed E-state index contributed by atoms with van der Waals surface area (Å²) in [5.74, 6) is 1.62. The number of ketones is 1. The minimum Gasteiger partial charge on any atom is -0.504 e. The monoisotopic (exact) mass is 356 g/mol. The first-order chi connectivity index (χ1) is 12.4. The maximum Gasteiger partial charge on any atom is 0.166 e. The van der Waals surface area contributed by atoms with Gasteiger partial charge >= 0.3 is 0 Å². The molecule has 2 aromatic carbocycles. The molecule has 0 aromatic heterocycles. The Labute approximate surface area is 153 Å². The van der Waals surface area contributed by atoms with Crippen LogP contribution in [0.2, 0.25) is 0 Å². The molecule has 138 valence electrons. The van der Waals surface area contributed by atoms with E-state index in [-0.39, 0.29) is 29.3 Å². The number of Topliss-reactive ketones (excluding diaryl/α,β-unsaturated/α-hetero) is 1. The topological polar surface area (TPSA) is 65.0 Å². The van der Waals surface area contributed by atoms with E-state index < -0.39 is 0 Å². The first kappa shape index (κ1) is 18.1. The summed E-state index contributed by atoms with van der Waals surface area (Å²) in [7, 11) is 4.66. The van der Waals surface area contributed by atoms with E-state index in [4.69, 9.17) is 14.2 Å². The average molecular weight is 356 g/mol. The summed E-state index contributed by atoms with van der Waals surface area (Å²) in [6.07, 6.45) is 0. The SMILES string of the molecule is COc1ccc([C@H]2c3cc(OC)c(OC)cc3C(=O)[C@@H](C)[C@@H]2C)cc1O. The van der Waals surface area contributed by atoms with Crippen molar-refractivity contribution in [1.29, 1.82) is 0 Å². The van der Waals surface area contributed by atoms with Crippen LogP contribution in [0, 0.1) is 11.8 Å². The van der Waals surface area contributed by atoms with Crippen molar-refractivity contribution in [2.75, 3.05) is 21.3 Å². The maximum atomic E-state index is 12.9. The number of carbonyl (C=O) groups is 1. The van der Waals surface area contributed by atoms with E-state index in [2.05, 4.69) is 6.92 Å². The molecule has 0 aliphatic heterocycles. The molecular formula is C21H24O5. The zero-order valence-corrected chi connectivity index (χ0v) is 15.7. The van der Waals surface area contributed by atoms with Gasteiger partial charge in [0.05, 0.1) is 21.3 Å². The normalized spacial score (nSPS) is 21.9. The van der Waals surface area contributed by atoms with Crippen LogP contribution in [0.5, 0.6) is 23.0 Å². The Morgan fingerprint density at radius 3 is 2.08 bits per heavy atom. The fraction of sp³-hybridized carbons (Fsp3) is 0.381. The Bertz CT molecular complexity index is 843. The molecule has 0 bridgehead atoms. The van der Waals surface area contributed by atoms with Crippen molar-refractivity contribution in [3.63, 3.8) is 0 Å². The summed E-state index contributed by atoms with van der Waals surface area (Å²) in [6.45, 7) is 4.01. The number of rotatable bonds is 4. The molecule has 5 heteroatoms. The number of phenolic OH excluding ortho intramolecular Hbond substituents is 1. The van der Waals surface area contributed by atoms with Crippen LogP contribution in [-0.4, -0.2) is 32.2 Å². The first-order valence-electron chi connectivity index (χ1n) is 8.59. The third-order valence-corrected chi connectivity index (χ3v) is 5.45. The van der Waals surface area contributed by atoms with Gasteiger partial charge in [0.25, 0.3) is 0 Å². The van der Waals surface area contributed by atoms with Gasteiger partial charge in [0.15, 0.2) is 28.8 Å². The van der Waals surface area contributed by atoms with Crippen LogP contribution in [0.25, 0.3) is 0 Å². The van der Waals surface area contributed by atoms with Crippen molar-refractivity contribution in [3.05, 3.63) is 47.0 Å². The minimum absolute atomic E-state index is 0.0469. The maximum absolute atomic E-state index is 12.9. The molecule has 3 rings (SSSR count). The van der Waals surface area contributed by atoms with E-state index in [1.54, 1.807) is 32.4 Å². The summed E-state index contributed by atoms with van der Waals surface area (Å²) < 4.78 is 16.0. The first-order valence-corrected chi connectivity index (χ1v) is 8.59. The Hall–Kier alpha value is -2.69. The number of aromatic hydroxyl groups is 1. The highest BCUT2D eigenvalue weighted by Gasteiger charge is 2.39. The van der Waals surface area contributed by atoms with Crippen molar-refractivity contribution in [2.45, 2.75) is 19.8 Å². The number of hydrogen-bond donors (Lipinski definition) is 1. The molecule has 0 fully saturated rings. The van der Waals surface area contributed by atoms with Crippen LogP contribution in [-0.2, 0) is 0 Å². The zero-order chi connectivity index (χ0) is 19.0. The predicted molar refractivity (Wildman–Crippen MR) is 98.7 cm³/mol. The highest BCUT2D eigenvalue weighted by molar-refractivity contribution is 6.01. The van der Waals surface area contributed by atoms with E-state index in [1.807, 2.05) is 19.1 Å². The molecule has 0 amide bonds. The van der Waals surface area contributed by atoms with Crippen LogP contribution in [0.4, 0.5) is 0 Å². The molecule has 0 radical (unpaired) electrons. The summed E-state index contributed by atoms with van der Waals surface area (Å²) in [5, 5.41) is 10.2. The molecule has 0 unspecified atom stereocenters. The quantitative estimate of drug-likeness (QED) is 0.896. The number of phenols is 1. The van der Waals surface area contributed by atoms with Gasteiger partial charge in [-0.25, -0.2) is 0 Å². The van der Waals surface area contributed by atoms with Gasteiger partial charge in [-0.3, -0.25) is 4.79 Å². The lowest BCUT2D eigenvalue weighted by Gasteiger charge is -2.36. The van der Waals surface area contributed by atoms with Crippen LogP contribution >= 0.6 is 0 Å². The third kappa shape index (κ3) is 2.77. The van der Waals surface area contributed by atoms with Crippen molar-refractivity contribution in [3.8, 4) is 23.0 Å². The highest BCUT2D eigenvalue weighted by atomic mass is 16.5. The fourth-order valence-corrected chi connectivity index (χ4v) is 3.80. The number of hydrogen-bond acceptors (Lipinski definition) is 5. The summed E-state index contributed by atoms with van der Waals surface area (Å²) >= 11 is 0. The smallest absolute Gasteiger partial charge is 0.166 e. The number of carbonyl (C=O) groups excluding carboxylic acids is 1. The molecule has 26 heavy (non-hydrogen) atoms. The molecule has 3 atom stereocenters. The van der Waals surface area contributed by atoms with Gasteiger partial charge in [-0.2, -0.15) is 0 Å². The van der Waals surface area contributed by atoms with Crippen molar-refractivity contribution in [2.24, 2.45) is 11.8 Å².